The number of nitrogens with one attached hydrogen (secondary N) is 1. The standard InChI is InChI=1S/C9H14NO4P/c1-12-9-6-4-8(5-7-9)10-15(11,13-2)14-3/h4-7H,1-3H3,(H,10,11). The van der Waals surface area contributed by atoms with Gasteiger partial charge >= 0.3 is 7.75 Å². The molecule has 0 aliphatic rings. The van der Waals surface area contributed by atoms with Gasteiger partial charge in [0.2, 0.25) is 0 Å². The van der Waals surface area contributed by atoms with E-state index in [0.717, 1.165) is 5.75 Å². The summed E-state index contributed by atoms with van der Waals surface area (Å²) >= 11 is 0. The van der Waals surface area contributed by atoms with Crippen molar-refractivity contribution in [1.82, 2.24) is 0 Å². The lowest BCUT2D eigenvalue weighted by Crippen LogP contribution is -2.00. The lowest BCUT2D eigenvalue weighted by Gasteiger charge is -2.15. The van der Waals surface area contributed by atoms with E-state index in [4.69, 9.17) is 13.8 Å². The molecular formula is C9H14NO4P. The lowest BCUT2D eigenvalue weighted by molar-refractivity contribution is 0.281. The Morgan fingerprint density at radius 3 is 2.00 bits per heavy atom. The summed E-state index contributed by atoms with van der Waals surface area (Å²) in [6, 6.07) is 6.95. The van der Waals surface area contributed by atoms with Crippen LogP contribution in [0.1, 0.15) is 0 Å². The predicted octanol–water partition coefficient (Wildman–Crippen LogP) is 2.51. The molecule has 0 unspecified atom stereocenters. The maximum atomic E-state index is 11.7. The average molecular weight is 231 g/mol. The van der Waals surface area contributed by atoms with Gasteiger partial charge in [0.1, 0.15) is 5.75 Å². The van der Waals surface area contributed by atoms with Crippen molar-refractivity contribution >= 4 is 13.4 Å². The van der Waals surface area contributed by atoms with Crippen LogP contribution in [0, 0.1) is 0 Å². The first kappa shape index (κ1) is 12.0. The van der Waals surface area contributed by atoms with E-state index in [2.05, 4.69) is 5.09 Å². The first-order chi connectivity index (χ1) is 7.13. The predicted molar refractivity (Wildman–Crippen MR) is 58.2 cm³/mol. The van der Waals surface area contributed by atoms with Gasteiger partial charge < -0.3 is 4.74 Å². The third kappa shape index (κ3) is 3.23. The molecule has 0 radical (unpaired) electrons. The average Bonchev–Trinajstić information content (AvgIpc) is 2.30. The SMILES string of the molecule is COc1ccc(NP(=O)(OC)OC)cc1. The zero-order valence-corrected chi connectivity index (χ0v) is 9.78. The van der Waals surface area contributed by atoms with E-state index in [1.165, 1.54) is 14.2 Å². The van der Waals surface area contributed by atoms with Crippen LogP contribution in [-0.4, -0.2) is 21.3 Å². The smallest absolute Gasteiger partial charge is 0.432 e. The summed E-state index contributed by atoms with van der Waals surface area (Å²) < 4.78 is 26.2. The van der Waals surface area contributed by atoms with Gasteiger partial charge in [-0.3, -0.25) is 14.1 Å². The number of methoxy groups -OCH3 is 1. The quantitative estimate of drug-likeness (QED) is 0.789. The lowest BCUT2D eigenvalue weighted by atomic mass is 10.3. The second-order valence-corrected chi connectivity index (χ2v) is 4.65. The molecule has 0 saturated heterocycles. The van der Waals surface area contributed by atoms with Crippen LogP contribution >= 0.6 is 7.75 Å². The van der Waals surface area contributed by atoms with Gasteiger partial charge in [0, 0.05) is 19.9 Å². The number of hydrogen-bond acceptors (Lipinski definition) is 4. The van der Waals surface area contributed by atoms with E-state index in [1.807, 2.05) is 0 Å². The topological polar surface area (TPSA) is 56.8 Å². The fraction of sp³-hybridized carbons (Fsp3) is 0.333. The molecule has 1 aromatic carbocycles. The van der Waals surface area contributed by atoms with E-state index in [0.29, 0.717) is 5.69 Å². The fourth-order valence-corrected chi connectivity index (χ4v) is 1.79. The molecular weight excluding hydrogens is 217 g/mol. The largest absolute Gasteiger partial charge is 0.497 e. The monoisotopic (exact) mass is 231 g/mol. The Morgan fingerprint density at radius 1 is 1.07 bits per heavy atom. The van der Waals surface area contributed by atoms with Crippen molar-refractivity contribution < 1.29 is 18.3 Å². The summed E-state index contributed by atoms with van der Waals surface area (Å²) in [7, 11) is 1.00. The highest BCUT2D eigenvalue weighted by molar-refractivity contribution is 7.55. The Hall–Kier alpha value is -1.03. The van der Waals surface area contributed by atoms with Crippen molar-refractivity contribution in [2.75, 3.05) is 26.4 Å². The normalized spacial score (nSPS) is 11.1. The Morgan fingerprint density at radius 2 is 1.60 bits per heavy atom. The molecule has 0 amide bonds. The van der Waals surface area contributed by atoms with Crippen molar-refractivity contribution in [2.24, 2.45) is 0 Å². The van der Waals surface area contributed by atoms with E-state index >= 15 is 0 Å². The summed E-state index contributed by atoms with van der Waals surface area (Å²) in [5.41, 5.74) is 0.642. The molecule has 1 rings (SSSR count). The van der Waals surface area contributed by atoms with Crippen LogP contribution in [0.4, 0.5) is 5.69 Å². The molecule has 15 heavy (non-hydrogen) atoms. The van der Waals surface area contributed by atoms with Crippen LogP contribution in [-0.2, 0) is 13.6 Å². The van der Waals surface area contributed by atoms with Crippen LogP contribution in [0.3, 0.4) is 0 Å². The zero-order chi connectivity index (χ0) is 11.3. The molecule has 0 aromatic heterocycles. The zero-order valence-electron chi connectivity index (χ0n) is 8.89. The highest BCUT2D eigenvalue weighted by Crippen LogP contribution is 2.46. The van der Waals surface area contributed by atoms with E-state index < -0.39 is 7.75 Å². The van der Waals surface area contributed by atoms with Crippen LogP contribution in [0.25, 0.3) is 0 Å². The van der Waals surface area contributed by atoms with Gasteiger partial charge in [0.15, 0.2) is 0 Å². The molecule has 0 aliphatic heterocycles. The number of hydrogen-bond donors (Lipinski definition) is 1. The van der Waals surface area contributed by atoms with Gasteiger partial charge in [-0.05, 0) is 24.3 Å². The molecule has 0 bridgehead atoms. The second-order valence-electron chi connectivity index (χ2n) is 2.70. The van der Waals surface area contributed by atoms with Gasteiger partial charge in [-0.15, -0.1) is 0 Å². The molecule has 84 valence electrons. The van der Waals surface area contributed by atoms with Crippen LogP contribution < -0.4 is 9.82 Å². The summed E-state index contributed by atoms with van der Waals surface area (Å²) in [5.74, 6) is 0.727. The highest BCUT2D eigenvalue weighted by atomic mass is 31.2. The van der Waals surface area contributed by atoms with Crippen molar-refractivity contribution in [3.8, 4) is 5.75 Å². The molecule has 0 spiro atoms. The third-order valence-electron chi connectivity index (χ3n) is 1.84. The van der Waals surface area contributed by atoms with Crippen molar-refractivity contribution in [3.05, 3.63) is 24.3 Å². The Balaban J connectivity index is 2.76. The Kier molecular flexibility index (Phi) is 4.15. The Bertz CT molecular complexity index is 344. The minimum atomic E-state index is -3.22. The molecule has 5 nitrogen and oxygen atoms in total. The Labute approximate surface area is 88.9 Å². The van der Waals surface area contributed by atoms with Crippen LogP contribution in [0.5, 0.6) is 5.75 Å². The van der Waals surface area contributed by atoms with Gasteiger partial charge in [0.25, 0.3) is 0 Å². The van der Waals surface area contributed by atoms with Crippen molar-refractivity contribution in [2.45, 2.75) is 0 Å². The molecule has 6 heteroatoms. The fourth-order valence-electron chi connectivity index (χ4n) is 0.989. The maximum Gasteiger partial charge on any atom is 0.432 e. The molecule has 0 fully saturated rings. The van der Waals surface area contributed by atoms with Gasteiger partial charge in [-0.25, -0.2) is 4.57 Å². The summed E-state index contributed by atoms with van der Waals surface area (Å²) in [6.07, 6.45) is 0. The summed E-state index contributed by atoms with van der Waals surface area (Å²) in [5, 5.41) is 2.66. The first-order valence-electron chi connectivity index (χ1n) is 4.27. The molecule has 1 aromatic rings. The summed E-state index contributed by atoms with van der Waals surface area (Å²) in [4.78, 5) is 0. The van der Waals surface area contributed by atoms with E-state index in [9.17, 15) is 4.57 Å². The minimum absolute atomic E-state index is 0.642. The second kappa shape index (κ2) is 5.16. The number of rotatable bonds is 5. The number of benzene rings is 1. The number of anilines is 1. The van der Waals surface area contributed by atoms with Crippen molar-refractivity contribution in [1.29, 1.82) is 0 Å². The maximum absolute atomic E-state index is 11.7. The van der Waals surface area contributed by atoms with Gasteiger partial charge in [-0.2, -0.15) is 0 Å². The molecule has 0 heterocycles. The first-order valence-corrected chi connectivity index (χ1v) is 5.81. The van der Waals surface area contributed by atoms with Crippen LogP contribution in [0.2, 0.25) is 0 Å². The van der Waals surface area contributed by atoms with Crippen molar-refractivity contribution in [3.63, 3.8) is 0 Å². The molecule has 0 atom stereocenters. The molecule has 0 aliphatic carbocycles. The highest BCUT2D eigenvalue weighted by Gasteiger charge is 2.20. The van der Waals surface area contributed by atoms with Gasteiger partial charge in [-0.1, -0.05) is 0 Å². The number of ether oxygens (including phenoxy) is 1. The van der Waals surface area contributed by atoms with Gasteiger partial charge in [0.05, 0.1) is 7.11 Å². The van der Waals surface area contributed by atoms with E-state index in [-0.39, 0.29) is 0 Å². The third-order valence-corrected chi connectivity index (χ3v) is 3.33. The molecule has 1 N–H and O–H groups in total. The minimum Gasteiger partial charge on any atom is -0.497 e. The van der Waals surface area contributed by atoms with E-state index in [1.54, 1.807) is 31.4 Å². The van der Waals surface area contributed by atoms with Crippen LogP contribution in [0.15, 0.2) is 24.3 Å². The summed E-state index contributed by atoms with van der Waals surface area (Å²) in [6.45, 7) is 0. The molecule has 0 saturated carbocycles.